The number of pyridine rings is 2. The summed E-state index contributed by atoms with van der Waals surface area (Å²) in [5.74, 6) is 0.576. The highest BCUT2D eigenvalue weighted by molar-refractivity contribution is 6.30. The van der Waals surface area contributed by atoms with Gasteiger partial charge in [-0.25, -0.2) is 9.78 Å². The van der Waals surface area contributed by atoms with E-state index in [1.54, 1.807) is 36.7 Å². The first kappa shape index (κ1) is 27.7. The van der Waals surface area contributed by atoms with Crippen LogP contribution in [0.4, 0.5) is 10.5 Å². The van der Waals surface area contributed by atoms with Crippen LogP contribution in [0.5, 0.6) is 11.6 Å². The summed E-state index contributed by atoms with van der Waals surface area (Å²) < 4.78 is 5.80. The third-order valence-corrected chi connectivity index (χ3v) is 8.08. The summed E-state index contributed by atoms with van der Waals surface area (Å²) in [5.41, 5.74) is 8.65. The topological polar surface area (TPSA) is 105 Å². The molecule has 42 heavy (non-hydrogen) atoms. The minimum atomic E-state index is -0.479. The lowest BCUT2D eigenvalue weighted by Gasteiger charge is -2.39. The number of hydrogen-bond acceptors (Lipinski definition) is 6. The molecule has 1 atom stereocenters. The van der Waals surface area contributed by atoms with E-state index in [-0.39, 0.29) is 18.1 Å². The molecular formula is C32H31ClN6O3. The number of halogens is 1. The molecule has 6 rings (SSSR count). The molecule has 10 heteroatoms. The Morgan fingerprint density at radius 1 is 1.00 bits per heavy atom. The fraction of sp³-hybridized carbons (Fsp3) is 0.250. The number of benzene rings is 2. The van der Waals surface area contributed by atoms with E-state index in [9.17, 15) is 9.59 Å². The SMILES string of the molecule is NC(=O)c1ccc(Oc2ccc(CN3CCC(N4C(=O)N(c5cccnc5)CC4c4cccc(Cl)c4)CC3)cn2)cc1. The Kier molecular flexibility index (Phi) is 8.03. The monoisotopic (exact) mass is 582 g/mol. The first-order valence-electron chi connectivity index (χ1n) is 13.9. The lowest BCUT2D eigenvalue weighted by Crippen LogP contribution is -2.47. The number of primary amides is 1. The van der Waals surface area contributed by atoms with Crippen LogP contribution in [-0.2, 0) is 6.54 Å². The van der Waals surface area contributed by atoms with Gasteiger partial charge in [-0.05, 0) is 72.5 Å². The summed E-state index contributed by atoms with van der Waals surface area (Å²) in [4.78, 5) is 40.0. The van der Waals surface area contributed by atoms with Crippen molar-refractivity contribution in [1.29, 1.82) is 0 Å². The molecule has 3 amide bonds. The summed E-state index contributed by atoms with van der Waals surface area (Å²) in [7, 11) is 0. The van der Waals surface area contributed by atoms with Crippen molar-refractivity contribution in [2.45, 2.75) is 31.5 Å². The number of aromatic nitrogens is 2. The zero-order valence-electron chi connectivity index (χ0n) is 23.0. The maximum atomic E-state index is 13.8. The van der Waals surface area contributed by atoms with Gasteiger partial charge in [0.1, 0.15) is 5.75 Å². The van der Waals surface area contributed by atoms with E-state index in [1.165, 1.54) is 0 Å². The van der Waals surface area contributed by atoms with Crippen molar-refractivity contribution in [2.24, 2.45) is 5.73 Å². The summed E-state index contributed by atoms with van der Waals surface area (Å²) in [6.07, 6.45) is 7.03. The number of ether oxygens (including phenoxy) is 1. The third-order valence-electron chi connectivity index (χ3n) is 7.85. The molecule has 1 unspecified atom stereocenters. The van der Waals surface area contributed by atoms with Gasteiger partial charge in [-0.1, -0.05) is 29.8 Å². The number of hydrogen-bond donors (Lipinski definition) is 1. The number of nitrogens with two attached hydrogens (primary N) is 1. The molecule has 2 N–H and O–H groups in total. The van der Waals surface area contributed by atoms with Crippen molar-refractivity contribution >= 4 is 29.2 Å². The first-order chi connectivity index (χ1) is 20.4. The van der Waals surface area contributed by atoms with Gasteiger partial charge < -0.3 is 15.4 Å². The second kappa shape index (κ2) is 12.2. The summed E-state index contributed by atoms with van der Waals surface area (Å²) in [6.45, 7) is 3.06. The van der Waals surface area contributed by atoms with E-state index in [4.69, 9.17) is 22.1 Å². The number of likely N-dealkylation sites (tertiary alicyclic amines) is 1. The van der Waals surface area contributed by atoms with E-state index in [0.29, 0.717) is 28.8 Å². The molecule has 2 aromatic carbocycles. The van der Waals surface area contributed by atoms with Crippen LogP contribution in [0.25, 0.3) is 0 Å². The van der Waals surface area contributed by atoms with E-state index >= 15 is 0 Å². The smallest absolute Gasteiger partial charge is 0.325 e. The number of rotatable bonds is 8. The van der Waals surface area contributed by atoms with Crippen LogP contribution in [0.15, 0.2) is 91.4 Å². The molecule has 2 aliphatic rings. The highest BCUT2D eigenvalue weighted by Gasteiger charge is 2.43. The number of carbonyl (C=O) groups is 2. The molecule has 0 spiro atoms. The van der Waals surface area contributed by atoms with Gasteiger partial charge in [0.25, 0.3) is 0 Å². The first-order valence-corrected chi connectivity index (χ1v) is 14.3. The van der Waals surface area contributed by atoms with E-state index < -0.39 is 5.91 Å². The van der Waals surface area contributed by atoms with Gasteiger partial charge in [0.05, 0.1) is 24.5 Å². The van der Waals surface area contributed by atoms with Gasteiger partial charge in [-0.2, -0.15) is 0 Å². The van der Waals surface area contributed by atoms with Gasteiger partial charge in [-0.3, -0.25) is 19.6 Å². The van der Waals surface area contributed by atoms with Gasteiger partial charge in [0, 0.05) is 54.7 Å². The molecule has 0 bridgehead atoms. The summed E-state index contributed by atoms with van der Waals surface area (Å²) in [5, 5.41) is 0.667. The molecule has 2 saturated heterocycles. The molecule has 4 heterocycles. The molecule has 2 aliphatic heterocycles. The van der Waals surface area contributed by atoms with Crippen LogP contribution in [0, 0.1) is 0 Å². The molecule has 0 radical (unpaired) electrons. The number of nitrogens with zero attached hydrogens (tertiary/aromatic N) is 5. The van der Waals surface area contributed by atoms with Gasteiger partial charge in [0.2, 0.25) is 11.8 Å². The van der Waals surface area contributed by atoms with Crippen LogP contribution < -0.4 is 15.4 Å². The average Bonchev–Trinajstić information content (AvgIpc) is 3.36. The van der Waals surface area contributed by atoms with Gasteiger partial charge >= 0.3 is 6.03 Å². The Labute approximate surface area is 249 Å². The fourth-order valence-corrected chi connectivity index (χ4v) is 5.92. The van der Waals surface area contributed by atoms with Gasteiger partial charge in [-0.15, -0.1) is 0 Å². The number of anilines is 1. The predicted molar refractivity (Wildman–Crippen MR) is 161 cm³/mol. The molecular weight excluding hydrogens is 552 g/mol. The summed E-state index contributed by atoms with van der Waals surface area (Å²) >= 11 is 6.35. The molecule has 2 fully saturated rings. The minimum absolute atomic E-state index is 0.00970. The van der Waals surface area contributed by atoms with Crippen molar-refractivity contribution in [3.63, 3.8) is 0 Å². The average molecular weight is 583 g/mol. The second-order valence-electron chi connectivity index (χ2n) is 10.6. The van der Waals surface area contributed by atoms with Gasteiger partial charge in [0.15, 0.2) is 0 Å². The number of carbonyl (C=O) groups excluding carboxylic acids is 2. The van der Waals surface area contributed by atoms with E-state index in [0.717, 1.165) is 49.3 Å². The highest BCUT2D eigenvalue weighted by Crippen LogP contribution is 2.37. The standard InChI is InChI=1S/C32H31ClN6O3/c33-25-4-1-3-24(17-25)29-21-38(27-5-2-14-35-19-27)32(41)39(29)26-12-15-37(16-13-26)20-22-6-11-30(36-18-22)42-28-9-7-23(8-10-28)31(34)40/h1-11,14,17-19,26,29H,12-13,15-16,20-21H2,(H2,34,40). The Morgan fingerprint density at radius 2 is 1.81 bits per heavy atom. The fourth-order valence-electron chi connectivity index (χ4n) is 5.72. The van der Waals surface area contributed by atoms with Crippen LogP contribution in [0.2, 0.25) is 5.02 Å². The van der Waals surface area contributed by atoms with Crippen molar-refractivity contribution < 1.29 is 14.3 Å². The largest absolute Gasteiger partial charge is 0.439 e. The zero-order valence-corrected chi connectivity index (χ0v) is 23.7. The number of amides is 3. The van der Waals surface area contributed by atoms with Crippen molar-refractivity contribution in [1.82, 2.24) is 19.8 Å². The Hall–Kier alpha value is -4.47. The Bertz CT molecular complexity index is 1540. The molecule has 2 aromatic heterocycles. The molecule has 214 valence electrons. The quantitative estimate of drug-likeness (QED) is 0.287. The molecule has 0 aliphatic carbocycles. The van der Waals surface area contributed by atoms with E-state index in [1.807, 2.05) is 53.6 Å². The summed E-state index contributed by atoms with van der Waals surface area (Å²) in [6, 6.07) is 22.1. The number of urea groups is 1. The second-order valence-corrected chi connectivity index (χ2v) is 11.0. The van der Waals surface area contributed by atoms with Crippen LogP contribution >= 0.6 is 11.6 Å². The lowest BCUT2D eigenvalue weighted by atomic mass is 9.99. The normalized spacial score (nSPS) is 17.9. The van der Waals surface area contributed by atoms with E-state index in [2.05, 4.69) is 25.8 Å². The van der Waals surface area contributed by atoms with Crippen molar-refractivity contribution in [3.8, 4) is 11.6 Å². The molecule has 4 aromatic rings. The van der Waals surface area contributed by atoms with Crippen molar-refractivity contribution in [3.05, 3.63) is 113 Å². The number of piperidine rings is 1. The third kappa shape index (κ3) is 6.07. The maximum absolute atomic E-state index is 13.8. The predicted octanol–water partition coefficient (Wildman–Crippen LogP) is 5.67. The minimum Gasteiger partial charge on any atom is -0.439 e. The van der Waals surface area contributed by atoms with Crippen LogP contribution in [0.1, 0.15) is 40.4 Å². The lowest BCUT2D eigenvalue weighted by molar-refractivity contribution is 0.1000. The Balaban J connectivity index is 1.09. The highest BCUT2D eigenvalue weighted by atomic mass is 35.5. The van der Waals surface area contributed by atoms with Crippen LogP contribution in [0.3, 0.4) is 0 Å². The van der Waals surface area contributed by atoms with Crippen LogP contribution in [-0.4, -0.2) is 57.4 Å². The maximum Gasteiger partial charge on any atom is 0.325 e. The van der Waals surface area contributed by atoms with Crippen molar-refractivity contribution in [2.75, 3.05) is 24.5 Å². The Morgan fingerprint density at radius 3 is 2.48 bits per heavy atom. The molecule has 9 nitrogen and oxygen atoms in total. The molecule has 0 saturated carbocycles. The zero-order chi connectivity index (χ0) is 29.1.